The summed E-state index contributed by atoms with van der Waals surface area (Å²) in [6.45, 7) is 1.97. The molecule has 1 aliphatic carbocycles. The Morgan fingerprint density at radius 1 is 1.09 bits per heavy atom. The predicted octanol–water partition coefficient (Wildman–Crippen LogP) is 5.57. The molecule has 2 aromatic rings. The third-order valence-electron chi connectivity index (χ3n) is 6.11. The molecule has 2 aliphatic rings. The summed E-state index contributed by atoms with van der Waals surface area (Å²) in [6, 6.07) is 14.4. The van der Waals surface area contributed by atoms with E-state index in [9.17, 15) is 14.7 Å². The number of hydrogen-bond acceptors (Lipinski definition) is 4. The van der Waals surface area contributed by atoms with Crippen molar-refractivity contribution in [3.8, 4) is 0 Å². The van der Waals surface area contributed by atoms with Gasteiger partial charge in [-0.1, -0.05) is 52.9 Å². The molecule has 2 aromatic carbocycles. The van der Waals surface area contributed by atoms with E-state index in [1.54, 1.807) is 29.2 Å². The zero-order valence-corrected chi connectivity index (χ0v) is 20.8. The number of nitrogens with one attached hydrogen (secondary N) is 1. The lowest BCUT2D eigenvalue weighted by atomic mass is 9.94. The number of hydrogen-bond donors (Lipinski definition) is 2. The average molecular weight is 528 g/mol. The molecule has 0 aromatic heterocycles. The lowest BCUT2D eigenvalue weighted by Crippen LogP contribution is -2.48. The van der Waals surface area contributed by atoms with Crippen LogP contribution < -0.4 is 10.2 Å². The molecule has 8 heteroatoms. The van der Waals surface area contributed by atoms with E-state index in [4.69, 9.17) is 12.2 Å². The molecule has 0 unspecified atom stereocenters. The summed E-state index contributed by atoms with van der Waals surface area (Å²) in [7, 11) is 0. The van der Waals surface area contributed by atoms with Crippen molar-refractivity contribution in [1.82, 2.24) is 10.2 Å². The van der Waals surface area contributed by atoms with E-state index in [1.807, 2.05) is 31.2 Å². The van der Waals surface area contributed by atoms with E-state index in [1.165, 1.54) is 4.90 Å². The van der Waals surface area contributed by atoms with Crippen molar-refractivity contribution in [2.75, 3.05) is 4.90 Å². The van der Waals surface area contributed by atoms with Crippen LogP contribution in [0.3, 0.4) is 0 Å². The maximum Gasteiger partial charge on any atom is 0.257 e. The molecule has 0 bridgehead atoms. The van der Waals surface area contributed by atoms with Gasteiger partial charge in [-0.05, 0) is 68.4 Å². The normalized spacial score (nSPS) is 16.8. The molecule has 1 heterocycles. The fraction of sp³-hybridized carbons (Fsp3) is 0.320. The second-order valence-electron chi connectivity index (χ2n) is 8.44. The zero-order valence-electron chi connectivity index (χ0n) is 18.4. The minimum Gasteiger partial charge on any atom is -0.493 e. The maximum absolute atomic E-state index is 12.9. The van der Waals surface area contributed by atoms with Crippen molar-refractivity contribution in [3.05, 3.63) is 75.7 Å². The van der Waals surface area contributed by atoms with Crippen molar-refractivity contribution in [2.45, 2.75) is 51.5 Å². The largest absolute Gasteiger partial charge is 0.493 e. The van der Waals surface area contributed by atoms with Crippen LogP contribution in [0.25, 0.3) is 0 Å². The molecule has 0 spiro atoms. The van der Waals surface area contributed by atoms with E-state index in [0.29, 0.717) is 16.9 Å². The number of carbonyl (C=O) groups is 2. The highest BCUT2D eigenvalue weighted by Crippen LogP contribution is 2.35. The third-order valence-corrected chi connectivity index (χ3v) is 6.93. The summed E-state index contributed by atoms with van der Waals surface area (Å²) in [5.41, 5.74) is 2.58. The van der Waals surface area contributed by atoms with Crippen LogP contribution >= 0.6 is 28.1 Å². The monoisotopic (exact) mass is 527 g/mol. The van der Waals surface area contributed by atoms with Crippen molar-refractivity contribution >= 4 is 50.8 Å². The van der Waals surface area contributed by atoms with E-state index >= 15 is 0 Å². The predicted molar refractivity (Wildman–Crippen MR) is 136 cm³/mol. The van der Waals surface area contributed by atoms with Crippen LogP contribution in [0.5, 0.6) is 0 Å². The number of aliphatic hydroxyl groups is 1. The molecule has 1 aliphatic heterocycles. The summed E-state index contributed by atoms with van der Waals surface area (Å²) < 4.78 is 0.876. The van der Waals surface area contributed by atoms with Crippen molar-refractivity contribution < 1.29 is 14.7 Å². The Balaban J connectivity index is 1.64. The number of nitrogens with zero attached hydrogens (tertiary/aromatic N) is 2. The van der Waals surface area contributed by atoms with Crippen molar-refractivity contribution in [2.24, 2.45) is 0 Å². The molecule has 0 atom stereocenters. The Hall–Kier alpha value is -2.71. The molecule has 1 fully saturated rings. The molecule has 2 N–H and O–H groups in total. The van der Waals surface area contributed by atoms with Gasteiger partial charge in [0.2, 0.25) is 11.8 Å². The average Bonchev–Trinajstić information content (AvgIpc) is 3.09. The Morgan fingerprint density at radius 2 is 1.73 bits per heavy atom. The van der Waals surface area contributed by atoms with Crippen LogP contribution in [0, 0.1) is 6.92 Å². The number of anilines is 1. The Labute approximate surface area is 207 Å². The highest BCUT2D eigenvalue weighted by atomic mass is 79.9. The molecule has 4 rings (SSSR count). The number of benzene rings is 2. The fourth-order valence-corrected chi connectivity index (χ4v) is 5.00. The van der Waals surface area contributed by atoms with Gasteiger partial charge >= 0.3 is 0 Å². The van der Waals surface area contributed by atoms with Crippen LogP contribution in [-0.4, -0.2) is 33.0 Å². The van der Waals surface area contributed by atoms with Gasteiger partial charge < -0.3 is 10.0 Å². The highest BCUT2D eigenvalue weighted by molar-refractivity contribution is 9.10. The molecular formula is C25H26BrN3O3S. The van der Waals surface area contributed by atoms with Gasteiger partial charge in [-0.25, -0.2) is 4.90 Å². The first-order valence-corrected chi connectivity index (χ1v) is 12.3. The number of carbonyl (C=O) groups excluding carboxylic acids is 2. The molecular weight excluding hydrogens is 502 g/mol. The van der Waals surface area contributed by atoms with Crippen LogP contribution in [0.2, 0.25) is 0 Å². The zero-order chi connectivity index (χ0) is 23.5. The first kappa shape index (κ1) is 23.4. The standard InChI is InChI=1S/C25H26BrN3O3S/c1-16-7-13-20(14-8-16)29-22(30)15-21(24(29)32)28(19-5-3-2-4-6-19)25(33)27-23(31)17-9-11-18(26)12-10-17/h7-14,19,32H,2-6,15H2,1H3,(H,27,31,33). The molecule has 33 heavy (non-hydrogen) atoms. The fourth-order valence-electron chi connectivity index (χ4n) is 4.38. The number of rotatable bonds is 4. The molecule has 172 valence electrons. The van der Waals surface area contributed by atoms with E-state index in [2.05, 4.69) is 21.2 Å². The summed E-state index contributed by atoms with van der Waals surface area (Å²) in [5.74, 6) is -0.683. The lowest BCUT2D eigenvalue weighted by molar-refractivity contribution is -0.117. The van der Waals surface area contributed by atoms with Crippen LogP contribution in [-0.2, 0) is 4.79 Å². The van der Waals surface area contributed by atoms with Crippen LogP contribution in [0.1, 0.15) is 54.4 Å². The number of thiocarbonyl (C=S) groups is 1. The van der Waals surface area contributed by atoms with Gasteiger partial charge in [0.1, 0.15) is 0 Å². The minimum atomic E-state index is -0.326. The highest BCUT2D eigenvalue weighted by Gasteiger charge is 2.38. The van der Waals surface area contributed by atoms with Gasteiger partial charge in [0.25, 0.3) is 5.91 Å². The number of aryl methyl sites for hydroxylation is 1. The lowest BCUT2D eigenvalue weighted by Gasteiger charge is -2.36. The first-order valence-electron chi connectivity index (χ1n) is 11.1. The van der Waals surface area contributed by atoms with E-state index in [0.717, 1.165) is 42.1 Å². The molecule has 6 nitrogen and oxygen atoms in total. The summed E-state index contributed by atoms with van der Waals surface area (Å²) in [5, 5.41) is 14.2. The molecule has 2 amide bonds. The number of amides is 2. The second kappa shape index (κ2) is 10.1. The third kappa shape index (κ3) is 5.12. The van der Waals surface area contributed by atoms with Gasteiger partial charge in [0, 0.05) is 16.1 Å². The van der Waals surface area contributed by atoms with E-state index < -0.39 is 0 Å². The SMILES string of the molecule is Cc1ccc(N2C(=O)CC(N(C(=S)NC(=O)c3ccc(Br)cc3)C3CCCCC3)=C2O)cc1. The Kier molecular flexibility index (Phi) is 7.14. The Bertz CT molecular complexity index is 1090. The van der Waals surface area contributed by atoms with Crippen molar-refractivity contribution in [3.63, 3.8) is 0 Å². The quantitative estimate of drug-likeness (QED) is 0.508. The Morgan fingerprint density at radius 3 is 2.36 bits per heavy atom. The van der Waals surface area contributed by atoms with Crippen molar-refractivity contribution in [1.29, 1.82) is 0 Å². The summed E-state index contributed by atoms with van der Waals surface area (Å²) in [6.07, 6.45) is 4.99. The summed E-state index contributed by atoms with van der Waals surface area (Å²) in [4.78, 5) is 28.9. The topological polar surface area (TPSA) is 72.9 Å². The molecule has 0 saturated heterocycles. The minimum absolute atomic E-state index is 0.0133. The van der Waals surface area contributed by atoms with Crippen LogP contribution in [0.15, 0.2) is 64.6 Å². The van der Waals surface area contributed by atoms with E-state index in [-0.39, 0.29) is 35.3 Å². The number of halogens is 1. The smallest absolute Gasteiger partial charge is 0.257 e. The van der Waals surface area contributed by atoms with Gasteiger partial charge in [0.05, 0.1) is 17.8 Å². The molecule has 1 saturated carbocycles. The van der Waals surface area contributed by atoms with Gasteiger partial charge in [-0.3, -0.25) is 14.9 Å². The van der Waals surface area contributed by atoms with Gasteiger partial charge in [-0.15, -0.1) is 0 Å². The summed E-state index contributed by atoms with van der Waals surface area (Å²) >= 11 is 9.04. The van der Waals surface area contributed by atoms with Gasteiger partial charge in [0.15, 0.2) is 5.11 Å². The van der Waals surface area contributed by atoms with Gasteiger partial charge in [-0.2, -0.15) is 0 Å². The first-order chi connectivity index (χ1) is 15.8. The second-order valence-corrected chi connectivity index (χ2v) is 9.74. The number of aliphatic hydroxyl groups excluding tert-OH is 1. The van der Waals surface area contributed by atoms with Crippen LogP contribution in [0.4, 0.5) is 5.69 Å². The molecule has 0 radical (unpaired) electrons. The maximum atomic E-state index is 12.9.